The molecule has 170 valence electrons. The number of ether oxygens (including phenoxy) is 1. The van der Waals surface area contributed by atoms with Gasteiger partial charge in [0.1, 0.15) is 5.75 Å². The van der Waals surface area contributed by atoms with Gasteiger partial charge in [0.15, 0.2) is 0 Å². The van der Waals surface area contributed by atoms with Gasteiger partial charge in [-0.25, -0.2) is 4.79 Å². The van der Waals surface area contributed by atoms with Crippen LogP contribution in [0.4, 0.5) is 13.2 Å². The van der Waals surface area contributed by atoms with Crippen LogP contribution < -0.4 is 0 Å². The average molecular weight is 437 g/mol. The molecule has 2 aromatic carbocycles. The monoisotopic (exact) mass is 436 g/mol. The number of hydrogen-bond donors (Lipinski definition) is 1. The van der Waals surface area contributed by atoms with E-state index in [-0.39, 0.29) is 5.56 Å². The number of esters is 1. The van der Waals surface area contributed by atoms with Crippen LogP contribution in [0.15, 0.2) is 36.4 Å². The van der Waals surface area contributed by atoms with Crippen LogP contribution in [-0.4, -0.2) is 17.7 Å². The third kappa shape index (κ3) is 9.17. The molecular formula is C25H31F3O3. The maximum atomic E-state index is 13.1. The molecule has 1 N–H and O–H groups in total. The predicted octanol–water partition coefficient (Wildman–Crippen LogP) is 7.13. The van der Waals surface area contributed by atoms with Gasteiger partial charge < -0.3 is 9.84 Å². The van der Waals surface area contributed by atoms with Crippen LogP contribution in [0.2, 0.25) is 0 Å². The number of unbranched alkanes of at least 4 members (excludes halogenated alkanes) is 1. The van der Waals surface area contributed by atoms with E-state index in [4.69, 9.17) is 4.74 Å². The third-order valence-corrected chi connectivity index (χ3v) is 3.83. The summed E-state index contributed by atoms with van der Waals surface area (Å²) in [5.41, 5.74) is 0.294. The molecule has 0 aliphatic rings. The van der Waals surface area contributed by atoms with Crippen LogP contribution in [0.3, 0.4) is 0 Å². The summed E-state index contributed by atoms with van der Waals surface area (Å²) in [5, 5.41) is 9.30. The highest BCUT2D eigenvalue weighted by Gasteiger charge is 2.33. The Morgan fingerprint density at radius 1 is 1.00 bits per heavy atom. The zero-order valence-corrected chi connectivity index (χ0v) is 19.0. The summed E-state index contributed by atoms with van der Waals surface area (Å²) in [7, 11) is 0. The molecule has 0 fully saturated rings. The molecule has 2 rings (SSSR count). The molecule has 3 nitrogen and oxygen atoms in total. The van der Waals surface area contributed by atoms with Gasteiger partial charge >= 0.3 is 12.1 Å². The number of carbonyl (C=O) groups is 1. The van der Waals surface area contributed by atoms with Crippen molar-refractivity contribution < 1.29 is 27.8 Å². The van der Waals surface area contributed by atoms with Crippen LogP contribution >= 0.6 is 0 Å². The molecule has 0 spiro atoms. The van der Waals surface area contributed by atoms with Gasteiger partial charge in [-0.05, 0) is 55.3 Å². The highest BCUT2D eigenvalue weighted by Crippen LogP contribution is 2.33. The largest absolute Gasteiger partial charge is 0.508 e. The lowest BCUT2D eigenvalue weighted by atomic mass is 10.0. The second-order valence-electron chi connectivity index (χ2n) is 6.00. The SMILES string of the molecule is CC.CC.CCCCOC(=O)c1ccc(C#Cc2ccc(O)cc2C(F)(F)F)c(C)c1. The molecule has 0 saturated heterocycles. The van der Waals surface area contributed by atoms with E-state index < -0.39 is 23.5 Å². The summed E-state index contributed by atoms with van der Waals surface area (Å²) in [4.78, 5) is 11.9. The molecular weight excluding hydrogens is 405 g/mol. The van der Waals surface area contributed by atoms with Gasteiger partial charge in [0.25, 0.3) is 0 Å². The number of benzene rings is 2. The minimum absolute atomic E-state index is 0.234. The summed E-state index contributed by atoms with van der Waals surface area (Å²) in [5.74, 6) is 4.28. The van der Waals surface area contributed by atoms with Crippen molar-refractivity contribution in [3.8, 4) is 17.6 Å². The second-order valence-corrected chi connectivity index (χ2v) is 6.00. The lowest BCUT2D eigenvalue weighted by Gasteiger charge is -2.09. The number of alkyl halides is 3. The van der Waals surface area contributed by atoms with E-state index in [1.807, 2.05) is 34.6 Å². The molecule has 0 aliphatic heterocycles. The van der Waals surface area contributed by atoms with E-state index in [1.54, 1.807) is 19.1 Å². The zero-order chi connectivity index (χ0) is 24.0. The highest BCUT2D eigenvalue weighted by molar-refractivity contribution is 5.89. The Hall–Kier alpha value is -2.94. The Labute approximate surface area is 183 Å². The van der Waals surface area contributed by atoms with E-state index in [2.05, 4.69) is 11.8 Å². The molecule has 0 atom stereocenters. The third-order valence-electron chi connectivity index (χ3n) is 3.83. The quantitative estimate of drug-likeness (QED) is 0.315. The van der Waals surface area contributed by atoms with Crippen molar-refractivity contribution in [1.82, 2.24) is 0 Å². The molecule has 0 bridgehead atoms. The van der Waals surface area contributed by atoms with Crippen molar-refractivity contribution >= 4 is 5.97 Å². The number of phenols is 1. The van der Waals surface area contributed by atoms with Gasteiger partial charge in [-0.3, -0.25) is 0 Å². The minimum atomic E-state index is -4.62. The fourth-order valence-corrected chi connectivity index (χ4v) is 2.33. The first-order valence-corrected chi connectivity index (χ1v) is 10.4. The van der Waals surface area contributed by atoms with Crippen molar-refractivity contribution in [1.29, 1.82) is 0 Å². The summed E-state index contributed by atoms with van der Waals surface area (Å²) < 4.78 is 44.4. The molecule has 0 heterocycles. The van der Waals surface area contributed by atoms with E-state index in [9.17, 15) is 23.1 Å². The van der Waals surface area contributed by atoms with Crippen LogP contribution in [-0.2, 0) is 10.9 Å². The summed E-state index contributed by atoms with van der Waals surface area (Å²) in [6.45, 7) is 12.1. The lowest BCUT2D eigenvalue weighted by Crippen LogP contribution is -2.07. The van der Waals surface area contributed by atoms with E-state index >= 15 is 0 Å². The number of carbonyl (C=O) groups excluding carboxylic acids is 1. The summed E-state index contributed by atoms with van der Waals surface area (Å²) in [6.07, 6.45) is -2.93. The summed E-state index contributed by atoms with van der Waals surface area (Å²) in [6, 6.07) is 7.63. The first-order valence-electron chi connectivity index (χ1n) is 10.4. The maximum Gasteiger partial charge on any atom is 0.417 e. The molecule has 0 aromatic heterocycles. The van der Waals surface area contributed by atoms with Crippen LogP contribution in [0, 0.1) is 18.8 Å². The Morgan fingerprint density at radius 2 is 1.58 bits per heavy atom. The van der Waals surface area contributed by atoms with Crippen molar-refractivity contribution in [2.45, 2.75) is 60.6 Å². The standard InChI is InChI=1S/C21H19F3O3.2C2H6/c1-3-4-11-27-20(26)17-8-6-15(14(2)12-17)5-7-16-9-10-18(25)13-19(16)21(22,23)24;2*1-2/h6,8-10,12-13,25H,3-4,11H2,1-2H3;2*1-2H3. The number of halogens is 3. The van der Waals surface area contributed by atoms with E-state index in [1.165, 1.54) is 6.07 Å². The Morgan fingerprint density at radius 3 is 2.13 bits per heavy atom. The first kappa shape index (κ1) is 28.1. The van der Waals surface area contributed by atoms with Gasteiger partial charge in [0.2, 0.25) is 0 Å². The van der Waals surface area contributed by atoms with E-state index in [0.29, 0.717) is 29.4 Å². The first-order chi connectivity index (χ1) is 14.7. The predicted molar refractivity (Wildman–Crippen MR) is 118 cm³/mol. The normalized spacial score (nSPS) is 9.84. The number of aryl methyl sites for hydroxylation is 1. The fourth-order valence-electron chi connectivity index (χ4n) is 2.33. The fraction of sp³-hybridized carbons (Fsp3) is 0.400. The molecule has 6 heteroatoms. The minimum Gasteiger partial charge on any atom is -0.508 e. The van der Waals surface area contributed by atoms with Gasteiger partial charge in [-0.1, -0.05) is 52.9 Å². The average Bonchev–Trinajstić information content (AvgIpc) is 2.75. The number of phenolic OH excluding ortho intramolecular Hbond substituents is 1. The molecule has 0 aliphatic carbocycles. The number of hydrogen-bond acceptors (Lipinski definition) is 3. The van der Waals surface area contributed by atoms with Gasteiger partial charge in [-0.2, -0.15) is 13.2 Å². The molecule has 0 radical (unpaired) electrons. The van der Waals surface area contributed by atoms with E-state index in [0.717, 1.165) is 25.0 Å². The van der Waals surface area contributed by atoms with Gasteiger partial charge in [-0.15, -0.1) is 0 Å². The van der Waals surface area contributed by atoms with Gasteiger partial charge in [0.05, 0.1) is 17.7 Å². The maximum absolute atomic E-state index is 13.1. The molecule has 0 unspecified atom stereocenters. The van der Waals surface area contributed by atoms with Crippen molar-refractivity contribution in [3.63, 3.8) is 0 Å². The number of rotatable bonds is 4. The summed E-state index contributed by atoms with van der Waals surface area (Å²) >= 11 is 0. The molecule has 0 saturated carbocycles. The van der Waals surface area contributed by atoms with Crippen molar-refractivity contribution in [2.24, 2.45) is 0 Å². The topological polar surface area (TPSA) is 46.5 Å². The van der Waals surface area contributed by atoms with Crippen molar-refractivity contribution in [3.05, 3.63) is 64.2 Å². The lowest BCUT2D eigenvalue weighted by molar-refractivity contribution is -0.137. The molecule has 2 aromatic rings. The van der Waals surface area contributed by atoms with Gasteiger partial charge in [0, 0.05) is 11.1 Å². The van der Waals surface area contributed by atoms with Crippen LogP contribution in [0.25, 0.3) is 0 Å². The number of aromatic hydroxyl groups is 1. The second kappa shape index (κ2) is 14.1. The highest BCUT2D eigenvalue weighted by atomic mass is 19.4. The Balaban J connectivity index is 0.00000212. The van der Waals surface area contributed by atoms with Crippen LogP contribution in [0.5, 0.6) is 5.75 Å². The molecule has 0 amide bonds. The Bertz CT molecular complexity index is 891. The van der Waals surface area contributed by atoms with Crippen molar-refractivity contribution in [2.75, 3.05) is 6.61 Å². The smallest absolute Gasteiger partial charge is 0.417 e. The zero-order valence-electron chi connectivity index (χ0n) is 19.0. The molecule has 31 heavy (non-hydrogen) atoms. The van der Waals surface area contributed by atoms with Crippen LogP contribution in [0.1, 0.15) is 80.1 Å². The Kier molecular flexibility index (Phi) is 12.8.